The molecular weight excluding hydrogens is 210 g/mol. The molecule has 0 aliphatic heterocycles. The summed E-state index contributed by atoms with van der Waals surface area (Å²) in [6, 6.07) is 0.420. The van der Waals surface area contributed by atoms with Crippen molar-refractivity contribution >= 4 is 5.91 Å². The molecule has 0 spiro atoms. The van der Waals surface area contributed by atoms with Gasteiger partial charge in [0, 0.05) is 12.0 Å². The molecule has 2 aliphatic carbocycles. The fourth-order valence-electron chi connectivity index (χ4n) is 3.32. The first-order chi connectivity index (χ1) is 7.89. The lowest BCUT2D eigenvalue weighted by Gasteiger charge is -2.40. The lowest BCUT2D eigenvalue weighted by atomic mass is 9.69. The summed E-state index contributed by atoms with van der Waals surface area (Å²) in [5.41, 5.74) is 0.313. The highest BCUT2D eigenvalue weighted by molar-refractivity contribution is 5.81. The highest BCUT2D eigenvalue weighted by atomic mass is 16.2. The molecule has 98 valence electrons. The second kappa shape index (κ2) is 4.62. The summed E-state index contributed by atoms with van der Waals surface area (Å²) < 4.78 is 0. The molecule has 0 heterocycles. The predicted octanol–water partition coefficient (Wildman–Crippen LogP) is 3.36. The van der Waals surface area contributed by atoms with Crippen LogP contribution in [0.25, 0.3) is 0 Å². The number of rotatable bonds is 2. The number of carbonyl (C=O) groups excluding carboxylic acids is 1. The van der Waals surface area contributed by atoms with Crippen molar-refractivity contribution in [3.63, 3.8) is 0 Å². The van der Waals surface area contributed by atoms with Gasteiger partial charge in [-0.15, -0.1) is 0 Å². The highest BCUT2D eigenvalue weighted by Gasteiger charge is 2.42. The minimum absolute atomic E-state index is 0.313. The van der Waals surface area contributed by atoms with Crippen molar-refractivity contribution in [2.24, 2.45) is 23.2 Å². The van der Waals surface area contributed by atoms with Crippen LogP contribution in [-0.4, -0.2) is 11.9 Å². The Kier molecular flexibility index (Phi) is 3.51. The van der Waals surface area contributed by atoms with E-state index >= 15 is 0 Å². The minimum Gasteiger partial charge on any atom is -0.353 e. The first-order valence-corrected chi connectivity index (χ1v) is 7.20. The summed E-state index contributed by atoms with van der Waals surface area (Å²) >= 11 is 0. The second-order valence-corrected chi connectivity index (χ2v) is 7.19. The fourth-order valence-corrected chi connectivity index (χ4v) is 3.32. The van der Waals surface area contributed by atoms with Crippen LogP contribution < -0.4 is 5.32 Å². The van der Waals surface area contributed by atoms with Gasteiger partial charge in [0.15, 0.2) is 0 Å². The van der Waals surface area contributed by atoms with Gasteiger partial charge in [-0.1, -0.05) is 40.5 Å². The Hall–Kier alpha value is -0.530. The van der Waals surface area contributed by atoms with Gasteiger partial charge in [0.2, 0.25) is 5.91 Å². The summed E-state index contributed by atoms with van der Waals surface area (Å²) in [6.07, 6.45) is 6.15. The quantitative estimate of drug-likeness (QED) is 0.784. The third-order valence-corrected chi connectivity index (χ3v) is 4.65. The predicted molar refractivity (Wildman–Crippen MR) is 70.6 cm³/mol. The topological polar surface area (TPSA) is 29.1 Å². The SMILES string of the molecule is C[C@@H]1C[C@@H]1C(=O)N[C@@H]1CCCC[C@@H]1C(C)(C)C. The third kappa shape index (κ3) is 3.02. The van der Waals surface area contributed by atoms with Crippen molar-refractivity contribution in [3.8, 4) is 0 Å². The Balaban J connectivity index is 1.94. The maximum atomic E-state index is 12.0. The van der Waals surface area contributed by atoms with E-state index in [1.165, 1.54) is 25.7 Å². The Morgan fingerprint density at radius 1 is 1.18 bits per heavy atom. The first kappa shape index (κ1) is 12.9. The monoisotopic (exact) mass is 237 g/mol. The Morgan fingerprint density at radius 2 is 1.76 bits per heavy atom. The van der Waals surface area contributed by atoms with Crippen molar-refractivity contribution in [2.45, 2.75) is 65.8 Å². The number of carbonyl (C=O) groups is 1. The molecule has 4 atom stereocenters. The van der Waals surface area contributed by atoms with Gasteiger partial charge < -0.3 is 5.32 Å². The molecule has 17 heavy (non-hydrogen) atoms. The van der Waals surface area contributed by atoms with Gasteiger partial charge in [-0.3, -0.25) is 4.79 Å². The average Bonchev–Trinajstić information content (AvgIpc) is 2.95. The van der Waals surface area contributed by atoms with E-state index in [0.29, 0.717) is 35.1 Å². The van der Waals surface area contributed by atoms with Crippen molar-refractivity contribution in [1.29, 1.82) is 0 Å². The molecule has 0 aromatic carbocycles. The van der Waals surface area contributed by atoms with Crippen LogP contribution in [-0.2, 0) is 4.79 Å². The van der Waals surface area contributed by atoms with Crippen LogP contribution in [0.1, 0.15) is 59.8 Å². The van der Waals surface area contributed by atoms with Crippen molar-refractivity contribution in [3.05, 3.63) is 0 Å². The lowest BCUT2D eigenvalue weighted by molar-refractivity contribution is -0.124. The maximum Gasteiger partial charge on any atom is 0.223 e. The van der Waals surface area contributed by atoms with E-state index in [0.717, 1.165) is 6.42 Å². The second-order valence-electron chi connectivity index (χ2n) is 7.19. The Labute approximate surface area is 106 Å². The molecule has 0 bridgehead atoms. The van der Waals surface area contributed by atoms with E-state index in [4.69, 9.17) is 0 Å². The Bertz CT molecular complexity index is 292. The van der Waals surface area contributed by atoms with Gasteiger partial charge >= 0.3 is 0 Å². The third-order valence-electron chi connectivity index (χ3n) is 4.65. The average molecular weight is 237 g/mol. The first-order valence-electron chi connectivity index (χ1n) is 7.20. The molecule has 2 aliphatic rings. The molecule has 2 nitrogen and oxygen atoms in total. The van der Waals surface area contributed by atoms with Gasteiger partial charge in [-0.2, -0.15) is 0 Å². The number of hydrogen-bond donors (Lipinski definition) is 1. The van der Waals surface area contributed by atoms with Crippen molar-refractivity contribution < 1.29 is 4.79 Å². The smallest absolute Gasteiger partial charge is 0.223 e. The van der Waals surface area contributed by atoms with Crippen LogP contribution >= 0.6 is 0 Å². The molecule has 2 heteroatoms. The van der Waals surface area contributed by atoms with Crippen LogP contribution in [0.15, 0.2) is 0 Å². The lowest BCUT2D eigenvalue weighted by Crippen LogP contribution is -2.47. The minimum atomic E-state index is 0.313. The van der Waals surface area contributed by atoms with E-state index in [1.54, 1.807) is 0 Å². The standard InChI is InChI=1S/C15H27NO/c1-10-9-11(10)14(17)16-13-8-6-5-7-12(13)15(2,3)4/h10-13H,5-9H2,1-4H3,(H,16,17)/t10-,11+,12+,13-/m1/s1. The van der Waals surface area contributed by atoms with E-state index in [-0.39, 0.29) is 0 Å². The van der Waals surface area contributed by atoms with Gasteiger partial charge in [-0.25, -0.2) is 0 Å². The molecule has 0 aromatic heterocycles. The summed E-state index contributed by atoms with van der Waals surface area (Å²) in [5.74, 6) is 1.90. The van der Waals surface area contributed by atoms with Gasteiger partial charge in [-0.05, 0) is 36.5 Å². The normalized spacial score (nSPS) is 37.6. The van der Waals surface area contributed by atoms with Crippen LogP contribution in [0.4, 0.5) is 0 Å². The number of nitrogens with one attached hydrogen (secondary N) is 1. The molecule has 1 amide bonds. The molecule has 0 aromatic rings. The summed E-state index contributed by atoms with van der Waals surface area (Å²) in [6.45, 7) is 9.10. The molecule has 2 fully saturated rings. The van der Waals surface area contributed by atoms with E-state index in [2.05, 4.69) is 33.0 Å². The fraction of sp³-hybridized carbons (Fsp3) is 0.933. The van der Waals surface area contributed by atoms with Crippen LogP contribution in [0.5, 0.6) is 0 Å². The zero-order valence-corrected chi connectivity index (χ0v) is 11.8. The van der Waals surface area contributed by atoms with Crippen LogP contribution in [0.2, 0.25) is 0 Å². The highest BCUT2D eigenvalue weighted by Crippen LogP contribution is 2.40. The Morgan fingerprint density at radius 3 is 2.29 bits per heavy atom. The van der Waals surface area contributed by atoms with E-state index < -0.39 is 0 Å². The zero-order chi connectivity index (χ0) is 12.6. The van der Waals surface area contributed by atoms with Gasteiger partial charge in [0.1, 0.15) is 0 Å². The molecule has 0 unspecified atom stereocenters. The molecule has 0 radical (unpaired) electrons. The maximum absolute atomic E-state index is 12.0. The van der Waals surface area contributed by atoms with Crippen molar-refractivity contribution in [2.75, 3.05) is 0 Å². The molecule has 1 N–H and O–H groups in total. The van der Waals surface area contributed by atoms with E-state index in [1.807, 2.05) is 0 Å². The van der Waals surface area contributed by atoms with Crippen LogP contribution in [0, 0.1) is 23.2 Å². The largest absolute Gasteiger partial charge is 0.353 e. The zero-order valence-electron chi connectivity index (χ0n) is 11.8. The van der Waals surface area contributed by atoms with E-state index in [9.17, 15) is 4.79 Å². The number of amides is 1. The van der Waals surface area contributed by atoms with Gasteiger partial charge in [0.05, 0.1) is 0 Å². The summed E-state index contributed by atoms with van der Waals surface area (Å²) in [5, 5.41) is 3.33. The summed E-state index contributed by atoms with van der Waals surface area (Å²) in [7, 11) is 0. The molecule has 2 rings (SSSR count). The molecular formula is C15H27NO. The number of hydrogen-bond acceptors (Lipinski definition) is 1. The molecule has 2 saturated carbocycles. The molecule has 0 saturated heterocycles. The van der Waals surface area contributed by atoms with Gasteiger partial charge in [0.25, 0.3) is 0 Å². The van der Waals surface area contributed by atoms with Crippen molar-refractivity contribution in [1.82, 2.24) is 5.32 Å². The summed E-state index contributed by atoms with van der Waals surface area (Å²) in [4.78, 5) is 12.0. The van der Waals surface area contributed by atoms with Crippen LogP contribution in [0.3, 0.4) is 0 Å².